The second-order valence-corrected chi connectivity index (χ2v) is 33.6. The fraction of sp³-hybridized carbons (Fsp3) is 1.00. The first-order valence-electron chi connectivity index (χ1n) is 32.7. The zero-order chi connectivity index (χ0) is 56.0. The summed E-state index contributed by atoms with van der Waals surface area (Å²) in [4.78, 5) is 0. The molecule has 10 aliphatic rings. The van der Waals surface area contributed by atoms with E-state index in [0.29, 0.717) is 27.1 Å². The molecule has 0 saturated heterocycles. The molecule has 10 saturated carbocycles. The van der Waals surface area contributed by atoms with Gasteiger partial charge in [-0.2, -0.15) is 0 Å². The van der Waals surface area contributed by atoms with Gasteiger partial charge in [0.1, 0.15) is 0 Å². The van der Waals surface area contributed by atoms with Crippen LogP contribution in [0.2, 0.25) is 0 Å². The van der Waals surface area contributed by atoms with E-state index in [1.165, 1.54) is 121 Å². The maximum atomic E-state index is 2.44. The zero-order valence-corrected chi connectivity index (χ0v) is 56.0. The van der Waals surface area contributed by atoms with Crippen LogP contribution in [0.3, 0.4) is 0 Å². The summed E-state index contributed by atoms with van der Waals surface area (Å²) in [6, 6.07) is 0. The minimum absolute atomic E-state index is 0.437. The first-order valence-corrected chi connectivity index (χ1v) is 32.7. The Morgan fingerprint density at radius 1 is 0.458 bits per heavy atom. The molecule has 0 aromatic carbocycles. The summed E-state index contributed by atoms with van der Waals surface area (Å²) < 4.78 is 0. The van der Waals surface area contributed by atoms with E-state index in [1.54, 1.807) is 19.3 Å². The van der Waals surface area contributed by atoms with Gasteiger partial charge in [-0.15, -0.1) is 0 Å². The highest BCUT2D eigenvalue weighted by Crippen LogP contribution is 2.60. The maximum absolute atomic E-state index is 2.44. The van der Waals surface area contributed by atoms with Gasteiger partial charge in [-0.3, -0.25) is 0 Å². The summed E-state index contributed by atoms with van der Waals surface area (Å²) in [5.41, 5.74) is 3.62. The molecule has 10 fully saturated rings. The van der Waals surface area contributed by atoms with Gasteiger partial charge >= 0.3 is 0 Å². The Morgan fingerprint density at radius 2 is 0.875 bits per heavy atom. The molecular formula is C72H144. The Bertz CT molecular complexity index is 1320. The van der Waals surface area contributed by atoms with Crippen molar-refractivity contribution < 1.29 is 0 Å². The first-order chi connectivity index (χ1) is 32.7. The van der Waals surface area contributed by atoms with Crippen molar-refractivity contribution in [1.29, 1.82) is 0 Å². The third kappa shape index (κ3) is 27.0. The molecule has 0 spiro atoms. The summed E-state index contributed by atoms with van der Waals surface area (Å²) >= 11 is 0. The highest BCUT2D eigenvalue weighted by Gasteiger charge is 2.49. The van der Waals surface area contributed by atoms with Crippen LogP contribution in [0.5, 0.6) is 0 Å². The van der Waals surface area contributed by atoms with Crippen molar-refractivity contribution >= 4 is 0 Å². The molecule has 0 bridgehead atoms. The quantitative estimate of drug-likeness (QED) is 0.257. The SMILES string of the molecule is CC(C)(C)C(C)(C)C.CC1(C2CC2)CC1.CC1CC(C)(C)C1.CC1CC(C)C1C.CC1CCC1(C)C.CC1C[C@H](C)C1C.CCC(C)C(C)(C)C.CCC1CC(C)C1.CCC1CCC1C.C[C@H]1CC1C1CC1. The van der Waals surface area contributed by atoms with Gasteiger partial charge in [0, 0.05) is 0 Å². The van der Waals surface area contributed by atoms with Gasteiger partial charge in [-0.25, -0.2) is 0 Å². The maximum Gasteiger partial charge on any atom is -0.0297 e. The van der Waals surface area contributed by atoms with E-state index in [4.69, 9.17) is 0 Å². The molecule has 0 heteroatoms. The average molecular weight is 1010 g/mol. The van der Waals surface area contributed by atoms with Crippen molar-refractivity contribution in [1.82, 2.24) is 0 Å². The monoisotopic (exact) mass is 1010 g/mol. The fourth-order valence-electron chi connectivity index (χ4n) is 11.9. The van der Waals surface area contributed by atoms with E-state index in [1.807, 2.05) is 0 Å². The van der Waals surface area contributed by atoms with E-state index in [-0.39, 0.29) is 0 Å². The lowest BCUT2D eigenvalue weighted by Gasteiger charge is -2.42. The van der Waals surface area contributed by atoms with Crippen molar-refractivity contribution in [3.8, 4) is 0 Å². The molecule has 10 rings (SSSR count). The molecule has 0 nitrogen and oxygen atoms in total. The summed E-state index contributed by atoms with van der Waals surface area (Å²) in [5, 5.41) is 0. The summed E-state index contributed by atoms with van der Waals surface area (Å²) in [6.45, 7) is 67.2. The van der Waals surface area contributed by atoms with Crippen LogP contribution in [-0.2, 0) is 0 Å². The van der Waals surface area contributed by atoms with Crippen molar-refractivity contribution in [3.05, 3.63) is 0 Å². The molecule has 0 aromatic heterocycles. The highest BCUT2D eigenvalue weighted by atomic mass is 14.5. The molecule has 0 N–H and O–H groups in total. The lowest BCUT2D eigenvalue weighted by molar-refractivity contribution is 0.0892. The van der Waals surface area contributed by atoms with Gasteiger partial charge in [-0.05, 0) is 236 Å². The summed E-state index contributed by atoms with van der Waals surface area (Å²) in [6.07, 6.45) is 29.5. The number of rotatable bonds is 5. The molecule has 9 unspecified atom stereocenters. The Balaban J connectivity index is 0.000000400. The molecule has 432 valence electrons. The predicted molar refractivity (Wildman–Crippen MR) is 331 cm³/mol. The van der Waals surface area contributed by atoms with Gasteiger partial charge in [0.2, 0.25) is 0 Å². The van der Waals surface area contributed by atoms with Gasteiger partial charge < -0.3 is 0 Å². The van der Waals surface area contributed by atoms with Crippen molar-refractivity contribution in [2.24, 2.45) is 133 Å². The third-order valence-electron chi connectivity index (χ3n) is 23.1. The van der Waals surface area contributed by atoms with Crippen LogP contribution < -0.4 is 0 Å². The van der Waals surface area contributed by atoms with Gasteiger partial charge in [0.05, 0.1) is 0 Å². The van der Waals surface area contributed by atoms with E-state index < -0.39 is 0 Å². The van der Waals surface area contributed by atoms with Gasteiger partial charge in [-0.1, -0.05) is 226 Å². The minimum Gasteiger partial charge on any atom is -0.0651 e. The van der Waals surface area contributed by atoms with Crippen LogP contribution in [0.1, 0.15) is 329 Å². The van der Waals surface area contributed by atoms with E-state index in [2.05, 4.69) is 201 Å². The second-order valence-electron chi connectivity index (χ2n) is 33.6. The largest absolute Gasteiger partial charge is 0.0651 e. The van der Waals surface area contributed by atoms with Crippen LogP contribution in [0, 0.1) is 133 Å². The molecule has 0 radical (unpaired) electrons. The molecule has 11 atom stereocenters. The van der Waals surface area contributed by atoms with E-state index in [0.717, 1.165) is 94.2 Å². The molecule has 0 heterocycles. The third-order valence-corrected chi connectivity index (χ3v) is 23.1. The van der Waals surface area contributed by atoms with Crippen molar-refractivity contribution in [3.63, 3.8) is 0 Å². The van der Waals surface area contributed by atoms with Crippen molar-refractivity contribution in [2.45, 2.75) is 329 Å². The van der Waals surface area contributed by atoms with Crippen LogP contribution in [0.25, 0.3) is 0 Å². The Hall–Kier alpha value is 0. The highest BCUT2D eigenvalue weighted by molar-refractivity contribution is 5.00. The minimum atomic E-state index is 0.437. The zero-order valence-electron chi connectivity index (χ0n) is 56.0. The van der Waals surface area contributed by atoms with Gasteiger partial charge in [0.15, 0.2) is 0 Å². The van der Waals surface area contributed by atoms with Crippen LogP contribution in [-0.4, -0.2) is 0 Å². The summed E-state index contributed by atoms with van der Waals surface area (Å²) in [7, 11) is 0. The topological polar surface area (TPSA) is 0 Å². The molecule has 0 amide bonds. The average Bonchev–Trinajstić information content (AvgIpc) is 4.04. The molecule has 10 aliphatic carbocycles. The Kier molecular flexibility index (Phi) is 29.5. The molecular weight excluding hydrogens is 865 g/mol. The standard InChI is InChI=1S/2C8H18.2C7H12.6C7H14/c1-7(2,3)8(4,5)6;1-6-7(2)8(3,4)5;1-7(4-5-7)6-2-3-6;1-5-4-7(5)6-2-3-6;1-6-4-7(2,3)5-6;1-6-4-5-7(6,2)3;2*1-5-4-6(2)7(5)3;1-3-7-4-6(2)5-7;1-3-7-5-4-6(7)2/h1-6H3;7H,6H2,1-5H3;6H,2-5H2,1H3;5-7H,2-4H2,1H3;2*6H,4-5H2,1-3H3;2*5-7H,4H2,1-3H3;2*6-7H,3-5H2,1-2H3/t;;;5-,7?;;;5-,6?,7?;;;/m...0..0.../s1. The predicted octanol–water partition coefficient (Wildman–Crippen LogP) is 24.8. The Labute approximate surface area is 460 Å². The number of hydrogen-bond donors (Lipinski definition) is 0. The molecule has 0 aromatic rings. The number of hydrogen-bond acceptors (Lipinski definition) is 0. The lowest BCUT2D eigenvalue weighted by atomic mass is 9.64. The normalized spacial score (nSPS) is 35.9. The van der Waals surface area contributed by atoms with Gasteiger partial charge in [0.25, 0.3) is 0 Å². The van der Waals surface area contributed by atoms with E-state index >= 15 is 0 Å². The second kappa shape index (κ2) is 30.4. The smallest absolute Gasteiger partial charge is 0.0297 e. The van der Waals surface area contributed by atoms with Crippen LogP contribution in [0.15, 0.2) is 0 Å². The van der Waals surface area contributed by atoms with E-state index in [9.17, 15) is 0 Å². The van der Waals surface area contributed by atoms with Crippen LogP contribution in [0.4, 0.5) is 0 Å². The fourth-order valence-corrected chi connectivity index (χ4v) is 11.9. The summed E-state index contributed by atoms with van der Waals surface area (Å²) in [5.74, 6) is 17.8. The Morgan fingerprint density at radius 3 is 0.917 bits per heavy atom. The van der Waals surface area contributed by atoms with Crippen LogP contribution >= 0.6 is 0 Å². The lowest BCUT2D eigenvalue weighted by Crippen LogP contribution is -2.31. The first kappa shape index (κ1) is 70.0. The molecule has 72 heavy (non-hydrogen) atoms. The molecule has 0 aliphatic heterocycles. The van der Waals surface area contributed by atoms with Crippen molar-refractivity contribution in [2.75, 3.05) is 0 Å².